The van der Waals surface area contributed by atoms with E-state index in [9.17, 15) is 4.39 Å². The van der Waals surface area contributed by atoms with Gasteiger partial charge in [-0.2, -0.15) is 0 Å². The Balaban J connectivity index is 1.70. The van der Waals surface area contributed by atoms with Crippen LogP contribution >= 0.6 is 12.2 Å². The minimum atomic E-state index is -0.271. The maximum atomic E-state index is 13.7. The van der Waals surface area contributed by atoms with Gasteiger partial charge in [-0.15, -0.1) is 0 Å². The summed E-state index contributed by atoms with van der Waals surface area (Å²) >= 11 is 5.81. The van der Waals surface area contributed by atoms with E-state index in [1.807, 2.05) is 18.2 Å². The van der Waals surface area contributed by atoms with Gasteiger partial charge >= 0.3 is 0 Å². The van der Waals surface area contributed by atoms with E-state index in [0.29, 0.717) is 5.11 Å². The van der Waals surface area contributed by atoms with Crippen LogP contribution in [0, 0.1) is 33.5 Å². The molecular weight excluding hydrogens is 443 g/mol. The Labute approximate surface area is 205 Å². The Kier molecular flexibility index (Phi) is 5.70. The lowest BCUT2D eigenvalue weighted by molar-refractivity contribution is 0.565. The van der Waals surface area contributed by atoms with E-state index in [1.54, 1.807) is 18.3 Å². The lowest BCUT2D eigenvalue weighted by atomic mass is 9.96. The molecule has 5 rings (SSSR count). The molecule has 3 heterocycles. The molecule has 0 spiro atoms. The summed E-state index contributed by atoms with van der Waals surface area (Å²) in [5.41, 5.74) is 8.91. The third kappa shape index (κ3) is 3.68. The predicted molar refractivity (Wildman–Crippen MR) is 139 cm³/mol. The summed E-state index contributed by atoms with van der Waals surface area (Å²) in [6.45, 7) is 8.60. The Bertz CT molecular complexity index is 1360. The first-order chi connectivity index (χ1) is 16.4. The first-order valence-corrected chi connectivity index (χ1v) is 11.8. The molecule has 2 atom stereocenters. The molecule has 1 saturated heterocycles. The Hall–Kier alpha value is -3.51. The Morgan fingerprint density at radius 2 is 1.71 bits per heavy atom. The molecule has 34 heavy (non-hydrogen) atoms. The van der Waals surface area contributed by atoms with Crippen molar-refractivity contribution in [3.05, 3.63) is 113 Å². The van der Waals surface area contributed by atoms with Gasteiger partial charge in [0.15, 0.2) is 5.11 Å². The molecule has 0 radical (unpaired) electrons. The lowest BCUT2D eigenvalue weighted by Gasteiger charge is -2.28. The van der Waals surface area contributed by atoms with Crippen LogP contribution in [0.2, 0.25) is 0 Å². The molecule has 0 unspecified atom stereocenters. The summed E-state index contributed by atoms with van der Waals surface area (Å²) in [7, 11) is 0. The molecule has 1 aliphatic heterocycles. The van der Waals surface area contributed by atoms with Gasteiger partial charge in [0.2, 0.25) is 0 Å². The van der Waals surface area contributed by atoms with Crippen LogP contribution in [-0.2, 0) is 0 Å². The minimum Gasteiger partial charge on any atom is -0.351 e. The molecule has 172 valence electrons. The van der Waals surface area contributed by atoms with Gasteiger partial charge < -0.3 is 14.8 Å². The number of aryl methyl sites for hydroxylation is 2. The largest absolute Gasteiger partial charge is 0.351 e. The second kappa shape index (κ2) is 8.69. The fraction of sp³-hybridized carbons (Fsp3) is 0.214. The topological polar surface area (TPSA) is 33.1 Å². The van der Waals surface area contributed by atoms with Crippen molar-refractivity contribution < 1.29 is 4.39 Å². The van der Waals surface area contributed by atoms with E-state index >= 15 is 0 Å². The van der Waals surface area contributed by atoms with Crippen molar-refractivity contribution in [2.45, 2.75) is 39.8 Å². The third-order valence-corrected chi connectivity index (χ3v) is 7.12. The fourth-order valence-corrected chi connectivity index (χ4v) is 5.33. The van der Waals surface area contributed by atoms with Gasteiger partial charge in [0.05, 0.1) is 17.8 Å². The number of anilines is 1. The second-order valence-electron chi connectivity index (χ2n) is 8.85. The zero-order chi connectivity index (χ0) is 24.0. The van der Waals surface area contributed by atoms with E-state index in [2.05, 4.69) is 71.7 Å². The van der Waals surface area contributed by atoms with Crippen LogP contribution < -0.4 is 10.2 Å². The van der Waals surface area contributed by atoms with Crippen LogP contribution in [0.5, 0.6) is 0 Å². The zero-order valence-corrected chi connectivity index (χ0v) is 20.5. The fourth-order valence-electron chi connectivity index (χ4n) is 4.99. The number of thiocarbonyl (C=S) groups is 1. The van der Waals surface area contributed by atoms with E-state index in [0.717, 1.165) is 28.3 Å². The number of pyridine rings is 1. The van der Waals surface area contributed by atoms with Gasteiger partial charge in [-0.1, -0.05) is 18.2 Å². The van der Waals surface area contributed by atoms with Crippen molar-refractivity contribution >= 4 is 23.0 Å². The Morgan fingerprint density at radius 1 is 0.941 bits per heavy atom. The third-order valence-electron chi connectivity index (χ3n) is 6.81. The van der Waals surface area contributed by atoms with E-state index in [-0.39, 0.29) is 17.9 Å². The zero-order valence-electron chi connectivity index (χ0n) is 19.7. The highest BCUT2D eigenvalue weighted by Crippen LogP contribution is 2.43. The number of rotatable bonds is 4. The van der Waals surface area contributed by atoms with Crippen molar-refractivity contribution in [3.8, 4) is 5.69 Å². The number of nitrogens with one attached hydrogen (secondary N) is 1. The molecule has 0 saturated carbocycles. The number of aromatic nitrogens is 2. The van der Waals surface area contributed by atoms with Crippen molar-refractivity contribution in [2.24, 2.45) is 0 Å². The first kappa shape index (κ1) is 22.3. The Morgan fingerprint density at radius 3 is 2.41 bits per heavy atom. The molecule has 4 nitrogen and oxygen atoms in total. The highest BCUT2D eigenvalue weighted by Gasteiger charge is 2.42. The molecule has 0 bridgehead atoms. The van der Waals surface area contributed by atoms with E-state index < -0.39 is 0 Å². The number of hydrogen-bond donors (Lipinski definition) is 1. The molecule has 1 N–H and O–H groups in total. The smallest absolute Gasteiger partial charge is 0.174 e. The molecule has 1 aliphatic rings. The molecular formula is C28H27FN4S. The maximum Gasteiger partial charge on any atom is 0.174 e. The van der Waals surface area contributed by atoms with Gasteiger partial charge in [0.1, 0.15) is 5.82 Å². The molecule has 1 fully saturated rings. The van der Waals surface area contributed by atoms with Gasteiger partial charge in [0.25, 0.3) is 0 Å². The maximum absolute atomic E-state index is 13.7. The molecule has 0 amide bonds. The molecule has 2 aromatic carbocycles. The number of nitrogens with zero attached hydrogens (tertiary/aromatic N) is 3. The van der Waals surface area contributed by atoms with Gasteiger partial charge in [0, 0.05) is 29.0 Å². The predicted octanol–water partition coefficient (Wildman–Crippen LogP) is 6.42. The average Bonchev–Trinajstić information content (AvgIpc) is 3.32. The number of benzene rings is 2. The van der Waals surface area contributed by atoms with Crippen molar-refractivity contribution in [2.75, 3.05) is 4.90 Å². The standard InChI is InChI=1S/C28H27FN4S/c1-17-8-7-10-25(19(17)3)32-18(2)16-23(20(32)4)27-26(24-9-5-6-15-30-24)31-28(34)33(27)22-13-11-21(29)12-14-22/h5-16,26-27H,1-4H3,(H,31,34)/t26-,27-/m1/s1. The summed E-state index contributed by atoms with van der Waals surface area (Å²) in [5, 5.41) is 4.09. The van der Waals surface area contributed by atoms with Gasteiger partial charge in [-0.25, -0.2) is 4.39 Å². The molecule has 2 aromatic heterocycles. The summed E-state index contributed by atoms with van der Waals surface area (Å²) in [6, 6.07) is 20.8. The van der Waals surface area contributed by atoms with Crippen molar-refractivity contribution in [1.29, 1.82) is 0 Å². The summed E-state index contributed by atoms with van der Waals surface area (Å²) in [5.74, 6) is -0.271. The monoisotopic (exact) mass is 470 g/mol. The second-order valence-corrected chi connectivity index (χ2v) is 9.24. The van der Waals surface area contributed by atoms with Crippen LogP contribution in [-0.4, -0.2) is 14.7 Å². The lowest BCUT2D eigenvalue weighted by Crippen LogP contribution is -2.29. The summed E-state index contributed by atoms with van der Waals surface area (Å²) in [6.07, 6.45) is 1.80. The van der Waals surface area contributed by atoms with Crippen LogP contribution in [0.4, 0.5) is 10.1 Å². The molecule has 6 heteroatoms. The van der Waals surface area contributed by atoms with Gasteiger partial charge in [-0.05, 0) is 105 Å². The first-order valence-electron chi connectivity index (χ1n) is 11.4. The van der Waals surface area contributed by atoms with Crippen LogP contribution in [0.25, 0.3) is 5.69 Å². The molecule has 0 aliphatic carbocycles. The van der Waals surface area contributed by atoms with E-state index in [4.69, 9.17) is 12.2 Å². The van der Waals surface area contributed by atoms with E-state index in [1.165, 1.54) is 28.9 Å². The molecule has 4 aromatic rings. The van der Waals surface area contributed by atoms with Crippen LogP contribution in [0.15, 0.2) is 72.9 Å². The minimum absolute atomic E-state index is 0.141. The van der Waals surface area contributed by atoms with Gasteiger partial charge in [-0.3, -0.25) is 4.98 Å². The highest BCUT2D eigenvalue weighted by molar-refractivity contribution is 7.80. The van der Waals surface area contributed by atoms with Crippen LogP contribution in [0.3, 0.4) is 0 Å². The quantitative estimate of drug-likeness (QED) is 0.349. The number of halogens is 1. The summed E-state index contributed by atoms with van der Waals surface area (Å²) < 4.78 is 16.0. The number of hydrogen-bond acceptors (Lipinski definition) is 2. The normalized spacial score (nSPS) is 17.8. The van der Waals surface area contributed by atoms with Crippen molar-refractivity contribution in [1.82, 2.24) is 14.9 Å². The SMILES string of the molecule is Cc1cccc(-n2c(C)cc([C@@H]3[C@@H](c4ccccn4)NC(=S)N3c3ccc(F)cc3)c2C)c1C. The average molecular weight is 471 g/mol. The van der Waals surface area contributed by atoms with Crippen LogP contribution in [0.1, 0.15) is 45.9 Å². The highest BCUT2D eigenvalue weighted by atomic mass is 32.1. The van der Waals surface area contributed by atoms with Crippen molar-refractivity contribution in [3.63, 3.8) is 0 Å². The summed E-state index contributed by atoms with van der Waals surface area (Å²) in [4.78, 5) is 6.73.